The zero-order valence-corrected chi connectivity index (χ0v) is 7.23. The molecule has 0 nitrogen and oxygen atoms in total. The zero-order valence-electron chi connectivity index (χ0n) is 7.23. The van der Waals surface area contributed by atoms with Gasteiger partial charge in [0.15, 0.2) is 0 Å². The molecule has 0 fully saturated rings. The van der Waals surface area contributed by atoms with Crippen LogP contribution in [0.4, 0.5) is 4.39 Å². The van der Waals surface area contributed by atoms with Crippen LogP contribution < -0.4 is 0 Å². The van der Waals surface area contributed by atoms with Gasteiger partial charge in [-0.1, -0.05) is 26.5 Å². The van der Waals surface area contributed by atoms with E-state index in [0.717, 1.165) is 18.4 Å². The molecule has 0 aromatic carbocycles. The van der Waals surface area contributed by atoms with E-state index in [4.69, 9.17) is 0 Å². The maximum absolute atomic E-state index is 12.8. The van der Waals surface area contributed by atoms with E-state index in [2.05, 4.69) is 6.58 Å². The summed E-state index contributed by atoms with van der Waals surface area (Å²) in [6.07, 6.45) is 6.32. The third-order valence-electron chi connectivity index (χ3n) is 1.39. The average Bonchev–Trinajstić information content (AvgIpc) is 2.01. The Labute approximate surface area is 68.1 Å². The highest BCUT2D eigenvalue weighted by atomic mass is 19.1. The van der Waals surface area contributed by atoms with Crippen LogP contribution in [0.1, 0.15) is 26.7 Å². The second-order valence-electron chi connectivity index (χ2n) is 2.27. The molecule has 0 aliphatic rings. The van der Waals surface area contributed by atoms with Gasteiger partial charge in [-0.05, 0) is 30.6 Å². The van der Waals surface area contributed by atoms with E-state index < -0.39 is 0 Å². The molecule has 0 rings (SSSR count). The fourth-order valence-electron chi connectivity index (χ4n) is 0.736. The molecule has 0 amide bonds. The van der Waals surface area contributed by atoms with Crippen LogP contribution in [-0.2, 0) is 0 Å². The van der Waals surface area contributed by atoms with Crippen LogP contribution in [0.25, 0.3) is 0 Å². The van der Waals surface area contributed by atoms with Crippen LogP contribution in [0.3, 0.4) is 0 Å². The van der Waals surface area contributed by atoms with E-state index >= 15 is 0 Å². The van der Waals surface area contributed by atoms with Gasteiger partial charge in [-0.25, -0.2) is 4.39 Å². The van der Waals surface area contributed by atoms with E-state index in [9.17, 15) is 4.39 Å². The van der Waals surface area contributed by atoms with Gasteiger partial charge in [-0.3, -0.25) is 0 Å². The van der Waals surface area contributed by atoms with Crippen LogP contribution in [0.5, 0.6) is 0 Å². The van der Waals surface area contributed by atoms with Gasteiger partial charge < -0.3 is 0 Å². The summed E-state index contributed by atoms with van der Waals surface area (Å²) in [7, 11) is 0. The smallest absolute Gasteiger partial charge is 0.119 e. The van der Waals surface area contributed by atoms with E-state index in [1.165, 1.54) is 6.08 Å². The highest BCUT2D eigenvalue weighted by Gasteiger charge is 1.90. The lowest BCUT2D eigenvalue weighted by molar-refractivity contribution is 0.659. The first-order valence-electron chi connectivity index (χ1n) is 3.93. The number of halogens is 1. The second-order valence-corrected chi connectivity index (χ2v) is 2.27. The number of rotatable bonds is 4. The van der Waals surface area contributed by atoms with Crippen LogP contribution in [0.15, 0.2) is 36.2 Å². The minimum Gasteiger partial charge on any atom is -0.207 e. The second kappa shape index (κ2) is 5.90. The molecule has 0 saturated heterocycles. The SMILES string of the molecule is C=C/C(=C\C(F)=C/CC)CC. The van der Waals surface area contributed by atoms with Gasteiger partial charge in [-0.2, -0.15) is 0 Å². The Hall–Kier alpha value is -0.850. The Balaban J connectivity index is 4.25. The van der Waals surface area contributed by atoms with Crippen molar-refractivity contribution in [1.29, 1.82) is 0 Å². The first-order valence-corrected chi connectivity index (χ1v) is 3.93. The summed E-state index contributed by atoms with van der Waals surface area (Å²) in [5.41, 5.74) is 0.937. The van der Waals surface area contributed by atoms with Crippen molar-refractivity contribution >= 4 is 0 Å². The van der Waals surface area contributed by atoms with Gasteiger partial charge in [0.2, 0.25) is 0 Å². The molecule has 0 heterocycles. The maximum Gasteiger partial charge on any atom is 0.119 e. The Morgan fingerprint density at radius 3 is 2.45 bits per heavy atom. The van der Waals surface area contributed by atoms with Gasteiger partial charge in [0.1, 0.15) is 5.83 Å². The highest BCUT2D eigenvalue weighted by molar-refractivity contribution is 5.24. The summed E-state index contributed by atoms with van der Waals surface area (Å²) in [4.78, 5) is 0. The summed E-state index contributed by atoms with van der Waals surface area (Å²) in [5, 5.41) is 0. The number of hydrogen-bond acceptors (Lipinski definition) is 0. The maximum atomic E-state index is 12.8. The molecule has 0 radical (unpaired) electrons. The van der Waals surface area contributed by atoms with E-state index in [-0.39, 0.29) is 5.83 Å². The van der Waals surface area contributed by atoms with Gasteiger partial charge in [0, 0.05) is 0 Å². The molecule has 0 aliphatic heterocycles. The molecule has 11 heavy (non-hydrogen) atoms. The molecular formula is C10H15F. The van der Waals surface area contributed by atoms with Crippen LogP contribution in [0.2, 0.25) is 0 Å². The summed E-state index contributed by atoms with van der Waals surface area (Å²) >= 11 is 0. The first-order chi connectivity index (χ1) is 5.24. The van der Waals surface area contributed by atoms with Gasteiger partial charge in [0.05, 0.1) is 0 Å². The molecule has 0 atom stereocenters. The lowest BCUT2D eigenvalue weighted by atomic mass is 10.2. The monoisotopic (exact) mass is 154 g/mol. The molecule has 1 heteroatoms. The van der Waals surface area contributed by atoms with Gasteiger partial charge in [-0.15, -0.1) is 0 Å². The normalized spacial score (nSPS) is 13.4. The Morgan fingerprint density at radius 2 is 2.09 bits per heavy atom. The average molecular weight is 154 g/mol. The van der Waals surface area contributed by atoms with E-state index in [1.807, 2.05) is 13.8 Å². The van der Waals surface area contributed by atoms with Crippen LogP contribution in [0, 0.1) is 0 Å². The van der Waals surface area contributed by atoms with Crippen molar-refractivity contribution in [2.75, 3.05) is 0 Å². The zero-order chi connectivity index (χ0) is 8.69. The molecule has 0 aromatic rings. The predicted molar refractivity (Wildman–Crippen MR) is 48.1 cm³/mol. The Bertz CT molecular complexity index is 175. The predicted octanol–water partition coefficient (Wildman–Crippen LogP) is 3.77. The highest BCUT2D eigenvalue weighted by Crippen LogP contribution is 2.08. The summed E-state index contributed by atoms with van der Waals surface area (Å²) < 4.78 is 12.8. The Morgan fingerprint density at radius 1 is 1.45 bits per heavy atom. The molecule has 0 saturated carbocycles. The van der Waals surface area contributed by atoms with Crippen molar-refractivity contribution in [2.45, 2.75) is 26.7 Å². The van der Waals surface area contributed by atoms with Crippen molar-refractivity contribution in [3.8, 4) is 0 Å². The third kappa shape index (κ3) is 4.54. The molecule has 0 bridgehead atoms. The largest absolute Gasteiger partial charge is 0.207 e. The molecule has 0 N–H and O–H groups in total. The fourth-order valence-corrected chi connectivity index (χ4v) is 0.736. The topological polar surface area (TPSA) is 0 Å². The Kier molecular flexibility index (Phi) is 5.44. The minimum atomic E-state index is -0.163. The van der Waals surface area contributed by atoms with E-state index in [1.54, 1.807) is 12.2 Å². The fraction of sp³-hybridized carbons (Fsp3) is 0.400. The molecule has 0 spiro atoms. The third-order valence-corrected chi connectivity index (χ3v) is 1.39. The lowest BCUT2D eigenvalue weighted by Crippen LogP contribution is -1.74. The standard InChI is InChI=1S/C10H15F/c1-4-7-10(11)8-9(5-2)6-3/h5,7-8H,2,4,6H2,1,3H3/b9-8+,10-7+. The molecule has 0 aromatic heterocycles. The lowest BCUT2D eigenvalue weighted by Gasteiger charge is -1.93. The molecule has 0 unspecified atom stereocenters. The summed E-state index contributed by atoms with van der Waals surface area (Å²) in [6.45, 7) is 7.47. The van der Waals surface area contributed by atoms with Crippen molar-refractivity contribution in [1.82, 2.24) is 0 Å². The minimum absolute atomic E-state index is 0.163. The van der Waals surface area contributed by atoms with Crippen LogP contribution >= 0.6 is 0 Å². The van der Waals surface area contributed by atoms with E-state index in [0.29, 0.717) is 0 Å². The number of allylic oxidation sites excluding steroid dienone is 5. The molecule has 0 aliphatic carbocycles. The van der Waals surface area contributed by atoms with Gasteiger partial charge in [0.25, 0.3) is 0 Å². The molecular weight excluding hydrogens is 139 g/mol. The quantitative estimate of drug-likeness (QED) is 0.541. The van der Waals surface area contributed by atoms with Crippen molar-refractivity contribution in [3.63, 3.8) is 0 Å². The summed E-state index contributed by atoms with van der Waals surface area (Å²) in [6, 6.07) is 0. The van der Waals surface area contributed by atoms with Crippen LogP contribution in [-0.4, -0.2) is 0 Å². The van der Waals surface area contributed by atoms with Crippen molar-refractivity contribution < 1.29 is 4.39 Å². The summed E-state index contributed by atoms with van der Waals surface area (Å²) in [5.74, 6) is -0.163. The number of hydrogen-bond donors (Lipinski definition) is 0. The van der Waals surface area contributed by atoms with Crippen molar-refractivity contribution in [2.24, 2.45) is 0 Å². The van der Waals surface area contributed by atoms with Gasteiger partial charge >= 0.3 is 0 Å². The molecule has 62 valence electrons. The van der Waals surface area contributed by atoms with Crippen molar-refractivity contribution in [3.05, 3.63) is 36.2 Å². The first kappa shape index (κ1) is 10.2.